The molecule has 6 nitrogen and oxygen atoms in total. The molecule has 0 spiro atoms. The Bertz CT molecular complexity index is 982. The molecule has 34 heavy (non-hydrogen) atoms. The van der Waals surface area contributed by atoms with Crippen molar-refractivity contribution in [2.45, 2.75) is 13.0 Å². The monoisotopic (exact) mass is 459 g/mol. The van der Waals surface area contributed by atoms with E-state index < -0.39 is 0 Å². The lowest BCUT2D eigenvalue weighted by atomic mass is 10.0. The highest BCUT2D eigenvalue weighted by Crippen LogP contribution is 2.26. The predicted octanol–water partition coefficient (Wildman–Crippen LogP) is 5.04. The van der Waals surface area contributed by atoms with E-state index >= 15 is 0 Å². The Labute approximate surface area is 202 Å². The lowest BCUT2D eigenvalue weighted by molar-refractivity contribution is 0.0498. The van der Waals surface area contributed by atoms with Crippen molar-refractivity contribution in [2.24, 2.45) is 0 Å². The molecule has 4 rings (SSSR count). The third-order valence-corrected chi connectivity index (χ3v) is 5.98. The van der Waals surface area contributed by atoms with Gasteiger partial charge in [0, 0.05) is 32.7 Å². The molecule has 0 saturated carbocycles. The Hall–Kier alpha value is -3.35. The first-order valence-corrected chi connectivity index (χ1v) is 12.0. The summed E-state index contributed by atoms with van der Waals surface area (Å²) in [4.78, 5) is 17.0. The number of hydrogen-bond donors (Lipinski definition) is 1. The highest BCUT2D eigenvalue weighted by atomic mass is 16.5. The summed E-state index contributed by atoms with van der Waals surface area (Å²) in [6, 6.07) is 28.1. The van der Waals surface area contributed by atoms with Crippen LogP contribution in [0.2, 0.25) is 0 Å². The summed E-state index contributed by atoms with van der Waals surface area (Å²) in [5.41, 5.74) is 3.02. The third kappa shape index (κ3) is 6.37. The van der Waals surface area contributed by atoms with Crippen molar-refractivity contribution >= 4 is 11.7 Å². The van der Waals surface area contributed by atoms with Gasteiger partial charge in [-0.3, -0.25) is 4.90 Å². The minimum Gasteiger partial charge on any atom is -0.492 e. The number of carbonyl (C=O) groups excluding carboxylic acids is 1. The maximum Gasteiger partial charge on any atom is 0.322 e. The van der Waals surface area contributed by atoms with Crippen molar-refractivity contribution in [2.75, 3.05) is 51.3 Å². The number of carbonyl (C=O) groups is 1. The van der Waals surface area contributed by atoms with Crippen molar-refractivity contribution in [3.8, 4) is 5.75 Å². The predicted molar refractivity (Wildman–Crippen MR) is 135 cm³/mol. The van der Waals surface area contributed by atoms with Crippen molar-refractivity contribution in [3.63, 3.8) is 0 Å². The van der Waals surface area contributed by atoms with Crippen LogP contribution >= 0.6 is 0 Å². The second-order valence-corrected chi connectivity index (χ2v) is 8.26. The molecule has 0 aliphatic carbocycles. The number of hydrogen-bond acceptors (Lipinski definition) is 4. The molecule has 1 heterocycles. The molecule has 3 aromatic carbocycles. The zero-order valence-corrected chi connectivity index (χ0v) is 19.7. The van der Waals surface area contributed by atoms with Gasteiger partial charge < -0.3 is 19.7 Å². The van der Waals surface area contributed by atoms with Crippen LogP contribution < -0.4 is 10.1 Å². The van der Waals surface area contributed by atoms with E-state index in [9.17, 15) is 4.79 Å². The van der Waals surface area contributed by atoms with E-state index in [1.807, 2.05) is 72.5 Å². The molecule has 0 atom stereocenters. The standard InChI is InChI=1S/C28H33N3O3/c1-2-33-26-16-10-9-15-25(26)29-28(32)31-19-17-30(18-20-31)21-22-34-27(23-11-5-3-6-12-23)24-13-7-4-8-14-24/h3-16,27H,2,17-22H2,1H3,(H,29,32). The summed E-state index contributed by atoms with van der Waals surface area (Å²) < 4.78 is 12.0. The number of para-hydroxylation sites is 2. The molecule has 0 aromatic heterocycles. The van der Waals surface area contributed by atoms with Gasteiger partial charge in [-0.1, -0.05) is 72.8 Å². The van der Waals surface area contributed by atoms with Crippen molar-refractivity contribution in [1.29, 1.82) is 0 Å². The number of nitrogens with zero attached hydrogens (tertiary/aromatic N) is 2. The summed E-state index contributed by atoms with van der Waals surface area (Å²) in [5.74, 6) is 0.695. The first-order chi connectivity index (χ1) is 16.7. The Kier molecular flexibility index (Phi) is 8.54. The lowest BCUT2D eigenvalue weighted by Gasteiger charge is -2.35. The van der Waals surface area contributed by atoms with Gasteiger partial charge in [0.25, 0.3) is 0 Å². The Balaban J connectivity index is 1.26. The van der Waals surface area contributed by atoms with Gasteiger partial charge in [0.05, 0.1) is 18.9 Å². The fraction of sp³-hybridized carbons (Fsp3) is 0.321. The first-order valence-electron chi connectivity index (χ1n) is 12.0. The highest BCUT2D eigenvalue weighted by Gasteiger charge is 2.22. The molecule has 178 valence electrons. The molecule has 1 aliphatic rings. The molecule has 1 saturated heterocycles. The maximum atomic E-state index is 12.8. The van der Waals surface area contributed by atoms with Crippen LogP contribution in [-0.4, -0.2) is 61.8 Å². The van der Waals surface area contributed by atoms with Crippen molar-refractivity contribution in [1.82, 2.24) is 9.80 Å². The van der Waals surface area contributed by atoms with Gasteiger partial charge in [-0.15, -0.1) is 0 Å². The zero-order chi connectivity index (χ0) is 23.6. The van der Waals surface area contributed by atoms with Gasteiger partial charge in [0.2, 0.25) is 0 Å². The first kappa shape index (κ1) is 23.8. The fourth-order valence-corrected chi connectivity index (χ4v) is 4.16. The molecule has 0 radical (unpaired) electrons. The number of urea groups is 1. The van der Waals surface area contributed by atoms with Crippen LogP contribution in [0.25, 0.3) is 0 Å². The van der Waals surface area contributed by atoms with Gasteiger partial charge >= 0.3 is 6.03 Å². The summed E-state index contributed by atoms with van der Waals surface area (Å²) >= 11 is 0. The van der Waals surface area contributed by atoms with E-state index in [0.717, 1.165) is 30.8 Å². The number of rotatable bonds is 9. The molecule has 1 N–H and O–H groups in total. The maximum absolute atomic E-state index is 12.8. The molecular formula is C28H33N3O3. The number of anilines is 1. The Morgan fingerprint density at radius 3 is 2.06 bits per heavy atom. The van der Waals surface area contributed by atoms with Gasteiger partial charge in [0.1, 0.15) is 11.9 Å². The van der Waals surface area contributed by atoms with E-state index in [4.69, 9.17) is 9.47 Å². The van der Waals surface area contributed by atoms with E-state index in [0.29, 0.717) is 37.7 Å². The van der Waals surface area contributed by atoms with Crippen LogP contribution in [-0.2, 0) is 4.74 Å². The molecule has 3 aromatic rings. The van der Waals surface area contributed by atoms with E-state index in [1.165, 1.54) is 0 Å². The van der Waals surface area contributed by atoms with Crippen molar-refractivity contribution in [3.05, 3.63) is 96.1 Å². The molecule has 1 fully saturated rings. The SMILES string of the molecule is CCOc1ccccc1NC(=O)N1CCN(CCOC(c2ccccc2)c2ccccc2)CC1. The molecule has 0 bridgehead atoms. The van der Waals surface area contributed by atoms with E-state index in [2.05, 4.69) is 34.5 Å². The molecule has 6 heteroatoms. The molecule has 1 aliphatic heterocycles. The second kappa shape index (κ2) is 12.2. The number of piperazine rings is 1. The highest BCUT2D eigenvalue weighted by molar-refractivity contribution is 5.91. The van der Waals surface area contributed by atoms with Crippen LogP contribution in [0.3, 0.4) is 0 Å². The average molecular weight is 460 g/mol. The Morgan fingerprint density at radius 2 is 1.44 bits per heavy atom. The fourth-order valence-electron chi connectivity index (χ4n) is 4.16. The number of benzene rings is 3. The van der Waals surface area contributed by atoms with E-state index in [-0.39, 0.29) is 12.1 Å². The third-order valence-electron chi connectivity index (χ3n) is 5.98. The molecule has 2 amide bonds. The van der Waals surface area contributed by atoms with Crippen LogP contribution in [0.5, 0.6) is 5.75 Å². The van der Waals surface area contributed by atoms with Crippen LogP contribution in [0, 0.1) is 0 Å². The number of ether oxygens (including phenoxy) is 2. The Morgan fingerprint density at radius 1 is 0.853 bits per heavy atom. The van der Waals surface area contributed by atoms with Crippen LogP contribution in [0.15, 0.2) is 84.9 Å². The summed E-state index contributed by atoms with van der Waals surface area (Å²) in [6.07, 6.45) is -0.0834. The smallest absolute Gasteiger partial charge is 0.322 e. The lowest BCUT2D eigenvalue weighted by Crippen LogP contribution is -2.50. The normalized spacial score (nSPS) is 14.2. The minimum absolute atomic E-state index is 0.0834. The molecule has 0 unspecified atom stereocenters. The van der Waals surface area contributed by atoms with Gasteiger partial charge in [-0.05, 0) is 30.2 Å². The summed E-state index contributed by atoms with van der Waals surface area (Å²) in [7, 11) is 0. The largest absolute Gasteiger partial charge is 0.492 e. The van der Waals surface area contributed by atoms with E-state index in [1.54, 1.807) is 0 Å². The minimum atomic E-state index is -0.0868. The van der Waals surface area contributed by atoms with Crippen LogP contribution in [0.4, 0.5) is 10.5 Å². The zero-order valence-electron chi connectivity index (χ0n) is 19.7. The van der Waals surface area contributed by atoms with Crippen molar-refractivity contribution < 1.29 is 14.3 Å². The van der Waals surface area contributed by atoms with Gasteiger partial charge in [0.15, 0.2) is 0 Å². The van der Waals surface area contributed by atoms with Crippen LogP contribution in [0.1, 0.15) is 24.2 Å². The van der Waals surface area contributed by atoms with Gasteiger partial charge in [-0.2, -0.15) is 0 Å². The quantitative estimate of drug-likeness (QED) is 0.487. The number of amides is 2. The van der Waals surface area contributed by atoms with Gasteiger partial charge in [-0.25, -0.2) is 4.79 Å². The topological polar surface area (TPSA) is 54.0 Å². The number of nitrogens with one attached hydrogen (secondary N) is 1. The summed E-state index contributed by atoms with van der Waals surface area (Å²) in [6.45, 7) is 6.97. The summed E-state index contributed by atoms with van der Waals surface area (Å²) in [5, 5.41) is 2.99. The second-order valence-electron chi connectivity index (χ2n) is 8.26. The molecular weight excluding hydrogens is 426 g/mol. The average Bonchev–Trinajstić information content (AvgIpc) is 2.89.